The third kappa shape index (κ3) is 5.54. The van der Waals surface area contributed by atoms with Gasteiger partial charge in [-0.3, -0.25) is 4.79 Å². The Morgan fingerprint density at radius 2 is 1.71 bits per heavy atom. The largest absolute Gasteiger partial charge is 0.467 e. The lowest BCUT2D eigenvalue weighted by atomic mass is 10.1. The molecule has 1 amide bonds. The molecule has 1 aromatic carbocycles. The molecule has 0 saturated carbocycles. The number of carbonyl (C=O) groups is 1. The molecule has 2 rings (SSSR count). The first-order chi connectivity index (χ1) is 13.0. The van der Waals surface area contributed by atoms with E-state index in [4.69, 9.17) is 9.68 Å². The van der Waals surface area contributed by atoms with Crippen LogP contribution in [0.1, 0.15) is 16.9 Å². The van der Waals surface area contributed by atoms with E-state index in [0.29, 0.717) is 24.1 Å². The van der Waals surface area contributed by atoms with Gasteiger partial charge in [0.25, 0.3) is 5.91 Å². The fourth-order valence-corrected chi connectivity index (χ4v) is 2.02. The first-order valence-corrected chi connectivity index (χ1v) is 7.47. The predicted octanol–water partition coefficient (Wildman–Crippen LogP) is 4.45. The molecule has 0 aliphatic heterocycles. The Balaban J connectivity index is 2.22. The van der Waals surface area contributed by atoms with Gasteiger partial charge in [0.15, 0.2) is 0 Å². The van der Waals surface area contributed by atoms with Crippen molar-refractivity contribution in [3.8, 4) is 6.07 Å². The summed E-state index contributed by atoms with van der Waals surface area (Å²) in [6, 6.07) is 5.45. The second-order valence-electron chi connectivity index (χ2n) is 5.37. The number of anilines is 1. The van der Waals surface area contributed by atoms with Crippen LogP contribution in [0.15, 0.2) is 52.8 Å². The highest BCUT2D eigenvalue weighted by molar-refractivity contribution is 5.97. The van der Waals surface area contributed by atoms with Crippen LogP contribution in [-0.4, -0.2) is 5.91 Å². The summed E-state index contributed by atoms with van der Waals surface area (Å²) in [6.07, 6.45) is -7.96. The minimum Gasteiger partial charge on any atom is -0.467 e. The summed E-state index contributed by atoms with van der Waals surface area (Å²) in [4.78, 5) is 11.9. The molecule has 0 unspecified atom stereocenters. The fraction of sp³-hybridized carbons (Fsp3) is 0.176. The van der Waals surface area contributed by atoms with E-state index in [0.717, 1.165) is 0 Å². The van der Waals surface area contributed by atoms with E-state index in [1.165, 1.54) is 12.3 Å². The van der Waals surface area contributed by atoms with Crippen LogP contribution in [0.4, 0.5) is 32.0 Å². The van der Waals surface area contributed by atoms with Gasteiger partial charge >= 0.3 is 12.4 Å². The van der Waals surface area contributed by atoms with Crippen LogP contribution in [0.3, 0.4) is 0 Å². The van der Waals surface area contributed by atoms with Crippen molar-refractivity contribution >= 4 is 11.6 Å². The molecular weight excluding hydrogens is 392 g/mol. The van der Waals surface area contributed by atoms with Crippen molar-refractivity contribution in [3.05, 3.63) is 65.3 Å². The second kappa shape index (κ2) is 8.08. The van der Waals surface area contributed by atoms with Crippen LogP contribution in [0.2, 0.25) is 0 Å². The highest BCUT2D eigenvalue weighted by Gasteiger charge is 2.36. The minimum absolute atomic E-state index is 0.0316. The molecule has 0 atom stereocenters. The quantitative estimate of drug-likeness (QED) is 0.439. The van der Waals surface area contributed by atoms with Gasteiger partial charge in [0.05, 0.1) is 23.9 Å². The highest BCUT2D eigenvalue weighted by Crippen LogP contribution is 2.37. The third-order valence-corrected chi connectivity index (χ3v) is 3.34. The molecule has 2 aromatic rings. The monoisotopic (exact) mass is 403 g/mol. The molecule has 1 aromatic heterocycles. The fourth-order valence-electron chi connectivity index (χ4n) is 2.02. The zero-order valence-corrected chi connectivity index (χ0v) is 13.8. The molecule has 0 spiro atoms. The number of furan rings is 1. The zero-order valence-electron chi connectivity index (χ0n) is 13.8. The Kier molecular flexibility index (Phi) is 6.03. The predicted molar refractivity (Wildman–Crippen MR) is 84.3 cm³/mol. The van der Waals surface area contributed by atoms with Crippen molar-refractivity contribution in [1.29, 1.82) is 5.26 Å². The molecule has 5 nitrogen and oxygen atoms in total. The normalized spacial score (nSPS) is 12.4. The van der Waals surface area contributed by atoms with Gasteiger partial charge in [0.2, 0.25) is 0 Å². The number of rotatable bonds is 5. The molecule has 1 heterocycles. The van der Waals surface area contributed by atoms with Gasteiger partial charge in [-0.15, -0.1) is 0 Å². The van der Waals surface area contributed by atoms with Gasteiger partial charge in [0, 0.05) is 11.9 Å². The number of hydrogen-bond acceptors (Lipinski definition) is 4. The maximum Gasteiger partial charge on any atom is 0.416 e. The average molecular weight is 403 g/mol. The van der Waals surface area contributed by atoms with Crippen LogP contribution in [0.5, 0.6) is 0 Å². The lowest BCUT2D eigenvalue weighted by molar-refractivity contribution is -0.143. The maximum atomic E-state index is 12.8. The first-order valence-electron chi connectivity index (χ1n) is 7.47. The Labute approximate surface area is 154 Å². The molecular formula is C17H11F6N3O2. The van der Waals surface area contributed by atoms with Gasteiger partial charge in [-0.25, -0.2) is 0 Å². The van der Waals surface area contributed by atoms with Gasteiger partial charge in [-0.1, -0.05) is 0 Å². The Bertz CT molecular complexity index is 876. The van der Waals surface area contributed by atoms with Gasteiger partial charge < -0.3 is 15.1 Å². The summed E-state index contributed by atoms with van der Waals surface area (Å²) in [6.45, 7) is -0.0629. The zero-order chi connectivity index (χ0) is 20.9. The van der Waals surface area contributed by atoms with Crippen molar-refractivity contribution < 1.29 is 35.6 Å². The SMILES string of the molecule is N#C/C(=C/Nc1cc(C(F)(F)F)cc(C(F)(F)F)c1)C(=O)NCc1ccco1. The first kappa shape index (κ1) is 20.9. The van der Waals surface area contributed by atoms with Crippen LogP contribution in [0, 0.1) is 11.3 Å². The lowest BCUT2D eigenvalue weighted by Gasteiger charge is -2.14. The molecule has 0 fully saturated rings. The summed E-state index contributed by atoms with van der Waals surface area (Å²) >= 11 is 0. The van der Waals surface area contributed by atoms with E-state index in [-0.39, 0.29) is 12.6 Å². The average Bonchev–Trinajstić information content (AvgIpc) is 3.12. The van der Waals surface area contributed by atoms with E-state index in [9.17, 15) is 31.1 Å². The summed E-state index contributed by atoms with van der Waals surface area (Å²) in [5, 5.41) is 13.4. The Morgan fingerprint density at radius 1 is 1.11 bits per heavy atom. The van der Waals surface area contributed by atoms with Crippen molar-refractivity contribution in [2.24, 2.45) is 0 Å². The summed E-state index contributed by atoms with van der Waals surface area (Å²) in [5.74, 6) is -0.513. The minimum atomic E-state index is -5.01. The second-order valence-corrected chi connectivity index (χ2v) is 5.37. The molecule has 0 radical (unpaired) electrons. The van der Waals surface area contributed by atoms with Crippen molar-refractivity contribution in [1.82, 2.24) is 5.32 Å². The number of hydrogen-bond donors (Lipinski definition) is 2. The molecule has 0 saturated heterocycles. The lowest BCUT2D eigenvalue weighted by Crippen LogP contribution is -2.24. The maximum absolute atomic E-state index is 12.8. The van der Waals surface area contributed by atoms with Crippen LogP contribution < -0.4 is 10.6 Å². The van der Waals surface area contributed by atoms with Crippen LogP contribution in [-0.2, 0) is 23.7 Å². The van der Waals surface area contributed by atoms with Gasteiger partial charge in [-0.05, 0) is 30.3 Å². The molecule has 2 N–H and O–H groups in total. The van der Waals surface area contributed by atoms with Gasteiger partial charge in [-0.2, -0.15) is 31.6 Å². The standard InChI is InChI=1S/C17H11F6N3O2/c18-16(19,20)11-4-12(17(21,22)23)6-13(5-11)25-8-10(7-24)15(27)26-9-14-2-1-3-28-14/h1-6,8,25H,9H2,(H,26,27)/b10-8-. The molecule has 0 aliphatic rings. The molecule has 0 bridgehead atoms. The summed E-state index contributed by atoms with van der Waals surface area (Å²) < 4.78 is 81.9. The number of halogens is 6. The topological polar surface area (TPSA) is 78.1 Å². The molecule has 148 valence electrons. The number of amides is 1. The summed E-state index contributed by atoms with van der Waals surface area (Å²) in [7, 11) is 0. The van der Waals surface area contributed by atoms with E-state index in [1.54, 1.807) is 12.1 Å². The number of benzene rings is 1. The smallest absolute Gasteiger partial charge is 0.416 e. The van der Waals surface area contributed by atoms with E-state index in [1.807, 2.05) is 0 Å². The van der Waals surface area contributed by atoms with Gasteiger partial charge in [0.1, 0.15) is 17.4 Å². The molecule has 0 aliphatic carbocycles. The van der Waals surface area contributed by atoms with Crippen molar-refractivity contribution in [2.75, 3.05) is 5.32 Å². The highest BCUT2D eigenvalue weighted by atomic mass is 19.4. The van der Waals surface area contributed by atoms with Crippen LogP contribution >= 0.6 is 0 Å². The van der Waals surface area contributed by atoms with Crippen molar-refractivity contribution in [3.63, 3.8) is 0 Å². The Hall–Kier alpha value is -3.42. The third-order valence-electron chi connectivity index (χ3n) is 3.34. The van der Waals surface area contributed by atoms with Crippen molar-refractivity contribution in [2.45, 2.75) is 18.9 Å². The number of nitrogens with zero attached hydrogens (tertiary/aromatic N) is 1. The van der Waals surface area contributed by atoms with E-state index < -0.39 is 40.6 Å². The number of carbonyl (C=O) groups excluding carboxylic acids is 1. The molecule has 28 heavy (non-hydrogen) atoms. The number of nitrogens with one attached hydrogen (secondary N) is 2. The number of nitriles is 1. The molecule has 11 heteroatoms. The number of alkyl halides is 6. The summed E-state index contributed by atoms with van der Waals surface area (Å²) in [5.41, 5.74) is -4.20. The van der Waals surface area contributed by atoms with E-state index >= 15 is 0 Å². The Morgan fingerprint density at radius 3 is 2.18 bits per heavy atom. The van der Waals surface area contributed by atoms with Crippen LogP contribution in [0.25, 0.3) is 0 Å². The van der Waals surface area contributed by atoms with E-state index in [2.05, 4.69) is 10.6 Å².